The molecule has 3 atom stereocenters. The summed E-state index contributed by atoms with van der Waals surface area (Å²) in [5.74, 6) is 2.17. The molecule has 0 spiro atoms. The Balaban J connectivity index is 1.82. The summed E-state index contributed by atoms with van der Waals surface area (Å²) in [6.45, 7) is 2.27. The number of thioether (sulfide) groups is 1. The molecule has 1 fully saturated rings. The number of aliphatic hydroxyl groups excluding tert-OH is 1. The van der Waals surface area contributed by atoms with Crippen LogP contribution < -0.4 is 0 Å². The lowest BCUT2D eigenvalue weighted by molar-refractivity contribution is 0.0862. The van der Waals surface area contributed by atoms with Crippen LogP contribution >= 0.6 is 27.7 Å². The highest BCUT2D eigenvalue weighted by atomic mass is 79.9. The zero-order chi connectivity index (χ0) is 13.7. The van der Waals surface area contributed by atoms with Crippen molar-refractivity contribution >= 4 is 27.7 Å². The van der Waals surface area contributed by atoms with E-state index in [-0.39, 0.29) is 6.10 Å². The lowest BCUT2D eigenvalue weighted by atomic mass is 9.78. The van der Waals surface area contributed by atoms with Gasteiger partial charge in [-0.05, 0) is 42.9 Å². The second-order valence-electron chi connectivity index (χ2n) is 5.54. The molecule has 1 aromatic rings. The zero-order valence-electron chi connectivity index (χ0n) is 11.5. The molecule has 1 aromatic carbocycles. The quantitative estimate of drug-likeness (QED) is 0.749. The fourth-order valence-electron chi connectivity index (χ4n) is 2.93. The zero-order valence-corrected chi connectivity index (χ0v) is 13.9. The molecule has 1 saturated carbocycles. The Kier molecular flexibility index (Phi) is 6.24. The maximum atomic E-state index is 10.4. The first-order chi connectivity index (χ1) is 9.19. The van der Waals surface area contributed by atoms with Crippen LogP contribution in [0.4, 0.5) is 0 Å². The van der Waals surface area contributed by atoms with Crippen molar-refractivity contribution in [1.29, 1.82) is 0 Å². The van der Waals surface area contributed by atoms with Crippen molar-refractivity contribution < 1.29 is 5.11 Å². The van der Waals surface area contributed by atoms with Gasteiger partial charge in [0, 0.05) is 15.1 Å². The molecule has 0 amide bonds. The van der Waals surface area contributed by atoms with E-state index in [0.29, 0.717) is 5.92 Å². The Labute approximate surface area is 129 Å². The summed E-state index contributed by atoms with van der Waals surface area (Å²) in [5.41, 5.74) is 0. The molecular weight excluding hydrogens is 320 g/mol. The van der Waals surface area contributed by atoms with E-state index in [1.54, 1.807) is 11.8 Å². The van der Waals surface area contributed by atoms with E-state index in [2.05, 4.69) is 35.0 Å². The number of rotatable bonds is 5. The average molecular weight is 343 g/mol. The predicted molar refractivity (Wildman–Crippen MR) is 86.6 cm³/mol. The fourth-order valence-corrected chi connectivity index (χ4v) is 4.50. The number of hydrogen-bond donors (Lipinski definition) is 1. The Hall–Kier alpha value is 0.01000. The molecule has 3 heteroatoms. The smallest absolute Gasteiger partial charge is 0.0662 e. The molecule has 1 N–H and O–H groups in total. The molecule has 0 heterocycles. The Morgan fingerprint density at radius 3 is 3.00 bits per heavy atom. The van der Waals surface area contributed by atoms with Crippen LogP contribution in [0.2, 0.25) is 0 Å². The van der Waals surface area contributed by atoms with E-state index >= 15 is 0 Å². The highest BCUT2D eigenvalue weighted by molar-refractivity contribution is 9.10. The minimum atomic E-state index is -0.154. The molecule has 0 aromatic heterocycles. The minimum absolute atomic E-state index is 0.154. The minimum Gasteiger partial charge on any atom is -0.392 e. The van der Waals surface area contributed by atoms with Gasteiger partial charge in [-0.1, -0.05) is 48.2 Å². The Morgan fingerprint density at radius 1 is 1.42 bits per heavy atom. The third-order valence-corrected chi connectivity index (χ3v) is 5.75. The molecule has 19 heavy (non-hydrogen) atoms. The van der Waals surface area contributed by atoms with Gasteiger partial charge in [0.2, 0.25) is 0 Å². The standard InChI is InChI=1S/C16H23BrOS/c1-2-12-5-3-6-13(9-12)16(18)11-19-15-8-4-7-14(17)10-15/h4,7-8,10,12-13,16,18H,2-3,5-6,9,11H2,1H3. The number of halogens is 1. The van der Waals surface area contributed by atoms with Gasteiger partial charge >= 0.3 is 0 Å². The van der Waals surface area contributed by atoms with Gasteiger partial charge < -0.3 is 5.11 Å². The normalized spacial score (nSPS) is 25.2. The van der Waals surface area contributed by atoms with E-state index in [1.807, 2.05) is 12.1 Å². The first-order valence-corrected chi connectivity index (χ1v) is 9.03. The molecule has 1 aliphatic carbocycles. The van der Waals surface area contributed by atoms with Gasteiger partial charge in [-0.2, -0.15) is 0 Å². The maximum absolute atomic E-state index is 10.4. The van der Waals surface area contributed by atoms with Gasteiger partial charge in [0.1, 0.15) is 0 Å². The van der Waals surface area contributed by atoms with Gasteiger partial charge in [-0.3, -0.25) is 0 Å². The van der Waals surface area contributed by atoms with Crippen molar-refractivity contribution in [2.24, 2.45) is 11.8 Å². The first-order valence-electron chi connectivity index (χ1n) is 7.25. The highest BCUT2D eigenvalue weighted by Crippen LogP contribution is 2.34. The first kappa shape index (κ1) is 15.4. The highest BCUT2D eigenvalue weighted by Gasteiger charge is 2.26. The topological polar surface area (TPSA) is 20.2 Å². The molecule has 0 aliphatic heterocycles. The van der Waals surface area contributed by atoms with Crippen LogP contribution in [0.1, 0.15) is 39.0 Å². The van der Waals surface area contributed by atoms with E-state index in [0.717, 1.165) is 16.1 Å². The second-order valence-corrected chi connectivity index (χ2v) is 7.55. The van der Waals surface area contributed by atoms with Crippen molar-refractivity contribution in [3.63, 3.8) is 0 Å². The number of hydrogen-bond acceptors (Lipinski definition) is 2. The van der Waals surface area contributed by atoms with Gasteiger partial charge in [0.25, 0.3) is 0 Å². The van der Waals surface area contributed by atoms with Gasteiger partial charge in [-0.15, -0.1) is 11.8 Å². The maximum Gasteiger partial charge on any atom is 0.0662 e. The molecule has 1 aliphatic rings. The SMILES string of the molecule is CCC1CCCC(C(O)CSc2cccc(Br)c2)C1. The average Bonchev–Trinajstić information content (AvgIpc) is 2.45. The molecule has 0 bridgehead atoms. The van der Waals surface area contributed by atoms with E-state index in [9.17, 15) is 5.11 Å². The van der Waals surface area contributed by atoms with E-state index in [4.69, 9.17) is 0 Å². The van der Waals surface area contributed by atoms with Gasteiger partial charge in [0.05, 0.1) is 6.10 Å². The lowest BCUT2D eigenvalue weighted by Gasteiger charge is -2.31. The van der Waals surface area contributed by atoms with Crippen molar-refractivity contribution in [2.75, 3.05) is 5.75 Å². The second kappa shape index (κ2) is 7.70. The summed E-state index contributed by atoms with van der Waals surface area (Å²) in [6.07, 6.45) is 6.19. The molecule has 0 radical (unpaired) electrons. The van der Waals surface area contributed by atoms with Crippen LogP contribution in [-0.4, -0.2) is 17.0 Å². The fraction of sp³-hybridized carbons (Fsp3) is 0.625. The van der Waals surface area contributed by atoms with Crippen LogP contribution in [-0.2, 0) is 0 Å². The van der Waals surface area contributed by atoms with E-state index in [1.165, 1.54) is 37.0 Å². The number of benzene rings is 1. The van der Waals surface area contributed by atoms with Crippen LogP contribution in [0.3, 0.4) is 0 Å². The molecule has 1 nitrogen and oxygen atoms in total. The lowest BCUT2D eigenvalue weighted by Crippen LogP contribution is -2.28. The summed E-state index contributed by atoms with van der Waals surface area (Å²) >= 11 is 5.25. The molecular formula is C16H23BrOS. The molecule has 2 rings (SSSR count). The van der Waals surface area contributed by atoms with Crippen LogP contribution in [0, 0.1) is 11.8 Å². The van der Waals surface area contributed by atoms with Gasteiger partial charge in [0.15, 0.2) is 0 Å². The van der Waals surface area contributed by atoms with Crippen molar-refractivity contribution in [3.05, 3.63) is 28.7 Å². The largest absolute Gasteiger partial charge is 0.392 e. The summed E-state index contributed by atoms with van der Waals surface area (Å²) in [6, 6.07) is 8.31. The van der Waals surface area contributed by atoms with Crippen LogP contribution in [0.15, 0.2) is 33.6 Å². The van der Waals surface area contributed by atoms with Gasteiger partial charge in [-0.25, -0.2) is 0 Å². The Morgan fingerprint density at radius 2 is 2.26 bits per heavy atom. The monoisotopic (exact) mass is 342 g/mol. The van der Waals surface area contributed by atoms with E-state index < -0.39 is 0 Å². The van der Waals surface area contributed by atoms with Crippen LogP contribution in [0.5, 0.6) is 0 Å². The third kappa shape index (κ3) is 4.80. The van der Waals surface area contributed by atoms with Crippen LogP contribution in [0.25, 0.3) is 0 Å². The molecule has 0 saturated heterocycles. The predicted octanol–water partition coefficient (Wildman–Crippen LogP) is 5.12. The summed E-state index contributed by atoms with van der Waals surface area (Å²) in [5, 5.41) is 10.4. The van der Waals surface area contributed by atoms with Crippen molar-refractivity contribution in [2.45, 2.75) is 50.0 Å². The Bertz CT molecular complexity index is 396. The summed E-state index contributed by atoms with van der Waals surface area (Å²) in [4.78, 5) is 1.23. The van der Waals surface area contributed by atoms with Crippen molar-refractivity contribution in [1.82, 2.24) is 0 Å². The van der Waals surface area contributed by atoms with Crippen molar-refractivity contribution in [3.8, 4) is 0 Å². The molecule has 3 unspecified atom stereocenters. The third-order valence-electron chi connectivity index (χ3n) is 4.16. The number of aliphatic hydroxyl groups is 1. The molecule has 106 valence electrons. The summed E-state index contributed by atoms with van der Waals surface area (Å²) in [7, 11) is 0. The summed E-state index contributed by atoms with van der Waals surface area (Å²) < 4.78 is 1.11.